The maximum absolute atomic E-state index is 12.4. The monoisotopic (exact) mass is 446 g/mol. The third-order valence-electron chi connectivity index (χ3n) is 3.80. The van der Waals surface area contributed by atoms with E-state index in [-0.39, 0.29) is 56.6 Å². The molecule has 0 amide bonds. The molecule has 2 N–H and O–H groups in total. The number of nitrogens with one attached hydrogen (secondary N) is 1. The topological polar surface area (TPSA) is 167 Å². The molecule has 146 valence electrons. The van der Waals surface area contributed by atoms with Gasteiger partial charge in [-0.25, -0.2) is 16.8 Å². The fourth-order valence-corrected chi connectivity index (χ4v) is 4.06. The summed E-state index contributed by atoms with van der Waals surface area (Å²) in [7, 11) is -8.84. The summed E-state index contributed by atoms with van der Waals surface area (Å²) in [4.78, 5) is 9.17. The van der Waals surface area contributed by atoms with Crippen molar-refractivity contribution in [1.82, 2.24) is 0 Å². The zero-order valence-corrected chi connectivity index (χ0v) is 18.4. The molecule has 10 nitrogen and oxygen atoms in total. The molecule has 0 aliphatic rings. The molecule has 0 atom stereocenters. The molecule has 0 bridgehead atoms. The Morgan fingerprint density at radius 3 is 2.07 bits per heavy atom. The minimum Gasteiger partial charge on any atom is -0.744 e. The van der Waals surface area contributed by atoms with Crippen LogP contribution in [-0.4, -0.2) is 31.4 Å². The number of rotatable bonds is 5. The third-order valence-corrected chi connectivity index (χ3v) is 6.01. The molecule has 0 unspecified atom stereocenters. The quantitative estimate of drug-likeness (QED) is 0.221. The van der Waals surface area contributed by atoms with Gasteiger partial charge in [-0.3, -0.25) is 14.8 Å². The van der Waals surface area contributed by atoms with Gasteiger partial charge < -0.3 is 9.66 Å². The Morgan fingerprint density at radius 1 is 0.897 bits per heavy atom. The van der Waals surface area contributed by atoms with Gasteiger partial charge in [-0.15, -0.1) is 0 Å². The molecular weight excluding hydrogens is 435 g/mol. The van der Waals surface area contributed by atoms with E-state index in [1.54, 1.807) is 0 Å². The number of benzene rings is 3. The molecule has 0 radical (unpaired) electrons. The van der Waals surface area contributed by atoms with Gasteiger partial charge in [0.2, 0.25) is 0 Å². The van der Waals surface area contributed by atoms with Crippen molar-refractivity contribution in [2.24, 2.45) is 0 Å². The number of nitro benzene ring substituents is 1. The molecule has 0 heterocycles. The smallest absolute Gasteiger partial charge is 0.744 e. The number of nitrogens with zero attached hydrogens (tertiary/aromatic N) is 1. The van der Waals surface area contributed by atoms with Crippen molar-refractivity contribution in [1.29, 1.82) is 0 Å². The van der Waals surface area contributed by atoms with Gasteiger partial charge in [-0.2, -0.15) is 0 Å². The summed E-state index contributed by atoms with van der Waals surface area (Å²) < 4.78 is 60.4. The van der Waals surface area contributed by atoms with Crippen molar-refractivity contribution in [2.45, 2.75) is 9.79 Å². The van der Waals surface area contributed by atoms with Crippen molar-refractivity contribution < 1.29 is 61.0 Å². The van der Waals surface area contributed by atoms with E-state index in [4.69, 9.17) is 0 Å². The molecule has 0 aromatic heterocycles. The first-order valence-corrected chi connectivity index (χ1v) is 10.4. The number of sulfonamides is 1. The van der Waals surface area contributed by atoms with E-state index < -0.39 is 35.7 Å². The van der Waals surface area contributed by atoms with Crippen molar-refractivity contribution >= 4 is 42.3 Å². The van der Waals surface area contributed by atoms with Gasteiger partial charge in [0.25, 0.3) is 15.7 Å². The Kier molecular flexibility index (Phi) is 6.57. The Hall–Kier alpha value is -2.22. The van der Waals surface area contributed by atoms with Crippen LogP contribution in [0.5, 0.6) is 5.75 Å². The van der Waals surface area contributed by atoms with E-state index in [2.05, 4.69) is 4.72 Å². The van der Waals surface area contributed by atoms with Crippen molar-refractivity contribution in [3.63, 3.8) is 0 Å². The Balaban J connectivity index is 0.00000300. The van der Waals surface area contributed by atoms with Crippen LogP contribution in [0.15, 0.2) is 64.4 Å². The van der Waals surface area contributed by atoms with Crippen LogP contribution in [0.4, 0.5) is 11.4 Å². The summed E-state index contributed by atoms with van der Waals surface area (Å²) >= 11 is 0. The fraction of sp³-hybridized carbons (Fsp3) is 0. The van der Waals surface area contributed by atoms with E-state index in [9.17, 15) is 36.6 Å². The van der Waals surface area contributed by atoms with Crippen LogP contribution in [0, 0.1) is 10.1 Å². The van der Waals surface area contributed by atoms with E-state index in [1.807, 2.05) is 0 Å². The molecule has 3 aromatic rings. The Labute approximate surface area is 187 Å². The van der Waals surface area contributed by atoms with Gasteiger partial charge in [0.1, 0.15) is 15.9 Å². The SMILES string of the molecule is O=[N+]([O-])c1ccc(S(=O)(=O)Nc2ccc3cc(S(=O)(=O)[O-])cc(O)c3c2)cc1.[Na+]. The van der Waals surface area contributed by atoms with Crippen molar-refractivity contribution in [3.05, 3.63) is 64.7 Å². The van der Waals surface area contributed by atoms with Gasteiger partial charge in [0, 0.05) is 23.2 Å². The van der Waals surface area contributed by atoms with Gasteiger partial charge >= 0.3 is 29.6 Å². The number of phenolic OH excluding ortho intramolecular Hbond substituents is 1. The van der Waals surface area contributed by atoms with Gasteiger partial charge in [0.15, 0.2) is 0 Å². The molecule has 29 heavy (non-hydrogen) atoms. The molecule has 13 heteroatoms. The summed E-state index contributed by atoms with van der Waals surface area (Å²) in [6.45, 7) is 0. The maximum atomic E-state index is 12.4. The van der Waals surface area contributed by atoms with Gasteiger partial charge in [-0.05, 0) is 41.8 Å². The van der Waals surface area contributed by atoms with Crippen LogP contribution in [0.1, 0.15) is 0 Å². The zero-order valence-electron chi connectivity index (χ0n) is 14.8. The van der Waals surface area contributed by atoms with Crippen LogP contribution >= 0.6 is 0 Å². The average molecular weight is 446 g/mol. The normalized spacial score (nSPS) is 11.6. The fourth-order valence-electron chi connectivity index (χ4n) is 2.48. The maximum Gasteiger partial charge on any atom is 1.00 e. The number of anilines is 1. The number of fused-ring (bicyclic) bond motifs is 1. The molecule has 0 fully saturated rings. The van der Waals surface area contributed by atoms with E-state index in [1.165, 1.54) is 18.2 Å². The number of nitro groups is 1. The Morgan fingerprint density at radius 2 is 1.52 bits per heavy atom. The summed E-state index contributed by atoms with van der Waals surface area (Å²) in [6.07, 6.45) is 0. The number of non-ortho nitro benzene ring substituents is 1. The van der Waals surface area contributed by atoms with E-state index in [0.717, 1.165) is 36.4 Å². The second-order valence-electron chi connectivity index (χ2n) is 5.69. The molecule has 0 saturated carbocycles. The predicted molar refractivity (Wildman–Crippen MR) is 97.5 cm³/mol. The van der Waals surface area contributed by atoms with Crippen molar-refractivity contribution in [3.8, 4) is 5.75 Å². The number of phenols is 1. The second kappa shape index (κ2) is 8.26. The molecule has 0 aliphatic heterocycles. The number of hydrogen-bond donors (Lipinski definition) is 2. The summed E-state index contributed by atoms with van der Waals surface area (Å²) in [5.74, 6) is -0.511. The molecule has 0 spiro atoms. The minimum absolute atomic E-state index is 0. The van der Waals surface area contributed by atoms with Crippen LogP contribution in [0.2, 0.25) is 0 Å². The first-order chi connectivity index (χ1) is 13.0. The molecule has 0 saturated heterocycles. The predicted octanol–water partition coefficient (Wildman–Crippen LogP) is -0.838. The van der Waals surface area contributed by atoms with Crippen LogP contribution in [0.25, 0.3) is 10.8 Å². The zero-order chi connectivity index (χ0) is 20.7. The molecule has 3 aromatic carbocycles. The van der Waals surface area contributed by atoms with Crippen LogP contribution in [-0.2, 0) is 20.1 Å². The third kappa shape index (κ3) is 5.04. The van der Waals surface area contributed by atoms with E-state index >= 15 is 0 Å². The van der Waals surface area contributed by atoms with Crippen LogP contribution in [0.3, 0.4) is 0 Å². The first kappa shape index (κ1) is 23.1. The summed E-state index contributed by atoms with van der Waals surface area (Å²) in [6, 6.07) is 9.98. The minimum atomic E-state index is -4.77. The largest absolute Gasteiger partial charge is 1.00 e. The number of hydrogen-bond acceptors (Lipinski definition) is 8. The van der Waals surface area contributed by atoms with Crippen LogP contribution < -0.4 is 34.3 Å². The van der Waals surface area contributed by atoms with Gasteiger partial charge in [0.05, 0.1) is 14.7 Å². The van der Waals surface area contributed by atoms with E-state index in [0.29, 0.717) is 0 Å². The first-order valence-electron chi connectivity index (χ1n) is 7.47. The average Bonchev–Trinajstić information content (AvgIpc) is 2.61. The summed E-state index contributed by atoms with van der Waals surface area (Å²) in [5.41, 5.74) is -0.211. The van der Waals surface area contributed by atoms with Gasteiger partial charge in [-0.1, -0.05) is 6.07 Å². The molecular formula is C16H11N2NaO8S2. The number of aromatic hydroxyl groups is 1. The standard InChI is InChI=1S/C16H12N2O8S2.Na/c19-16-9-14(28(24,25)26)7-10-1-2-11(8-15(10)16)17-27(22,23)13-5-3-12(4-6-13)18(20)21;/h1-9,17,19H,(H,24,25,26);/q;+1/p-1. The second-order valence-corrected chi connectivity index (χ2v) is 8.75. The Bertz CT molecular complexity index is 1310. The van der Waals surface area contributed by atoms with Crippen molar-refractivity contribution in [2.75, 3.05) is 4.72 Å². The molecule has 3 rings (SSSR count). The molecule has 0 aliphatic carbocycles. The summed E-state index contributed by atoms with van der Waals surface area (Å²) in [5, 5.41) is 21.0.